The first-order chi connectivity index (χ1) is 9.43. The van der Waals surface area contributed by atoms with Gasteiger partial charge in [0.1, 0.15) is 5.71 Å². The van der Waals surface area contributed by atoms with Crippen molar-refractivity contribution in [1.82, 2.24) is 9.97 Å². The number of benzene rings is 1. The highest BCUT2D eigenvalue weighted by atomic mass is 14.8. The van der Waals surface area contributed by atoms with Crippen molar-refractivity contribution in [3.8, 4) is 0 Å². The lowest BCUT2D eigenvalue weighted by atomic mass is 10.2. The lowest BCUT2D eigenvalue weighted by Gasteiger charge is -2.03. The molecule has 2 heterocycles. The van der Waals surface area contributed by atoms with E-state index in [4.69, 9.17) is 4.99 Å². The molecule has 0 radical (unpaired) electrons. The minimum atomic E-state index is 0.675. The molecule has 0 spiro atoms. The predicted molar refractivity (Wildman–Crippen MR) is 77.4 cm³/mol. The van der Waals surface area contributed by atoms with Gasteiger partial charge in [-0.25, -0.2) is 0 Å². The molecule has 0 aliphatic heterocycles. The Hall–Kier alpha value is -2.55. The maximum Gasteiger partial charge on any atom is 0.105 e. The fourth-order valence-corrected chi connectivity index (χ4v) is 2.02. The lowest BCUT2D eigenvalue weighted by molar-refractivity contribution is 1.06. The van der Waals surface area contributed by atoms with Crippen molar-refractivity contribution >= 4 is 5.71 Å². The van der Waals surface area contributed by atoms with Crippen molar-refractivity contribution in [2.24, 2.45) is 4.99 Å². The van der Waals surface area contributed by atoms with E-state index in [1.165, 1.54) is 5.56 Å². The van der Waals surface area contributed by atoms with Gasteiger partial charge in [0, 0.05) is 12.4 Å². The molecule has 0 fully saturated rings. The van der Waals surface area contributed by atoms with Crippen molar-refractivity contribution < 1.29 is 0 Å². The van der Waals surface area contributed by atoms with Gasteiger partial charge in [-0.05, 0) is 29.8 Å². The number of H-pyrrole nitrogens is 2. The Balaban J connectivity index is 1.92. The zero-order chi connectivity index (χ0) is 12.9. The molecule has 3 nitrogen and oxygen atoms in total. The Morgan fingerprint density at radius 3 is 1.95 bits per heavy atom. The highest BCUT2D eigenvalue weighted by molar-refractivity contribution is 6.10. The van der Waals surface area contributed by atoms with E-state index in [-0.39, 0.29) is 0 Å². The number of aliphatic imine (C=N–C) groups is 1. The molecule has 0 atom stereocenters. The summed E-state index contributed by atoms with van der Waals surface area (Å²) in [5.74, 6) is 0. The smallest absolute Gasteiger partial charge is 0.105 e. The number of aromatic amines is 2. The van der Waals surface area contributed by atoms with Gasteiger partial charge in [0.25, 0.3) is 0 Å². The number of nitrogens with one attached hydrogen (secondary N) is 2. The summed E-state index contributed by atoms with van der Waals surface area (Å²) in [6, 6.07) is 18.3. The third-order valence-corrected chi connectivity index (χ3v) is 2.97. The van der Waals surface area contributed by atoms with Crippen molar-refractivity contribution in [1.29, 1.82) is 0 Å². The first-order valence-corrected chi connectivity index (χ1v) is 6.29. The van der Waals surface area contributed by atoms with Crippen LogP contribution < -0.4 is 0 Å². The zero-order valence-corrected chi connectivity index (χ0v) is 10.5. The standard InChI is InChI=1S/C16H15N3/c1-2-6-13(7-3-1)12-19-16(14-8-4-10-17-14)15-9-5-11-18-15/h1-11,17-18H,12H2. The summed E-state index contributed by atoms with van der Waals surface area (Å²) >= 11 is 0. The number of hydrogen-bond donors (Lipinski definition) is 2. The van der Waals surface area contributed by atoms with Crippen LogP contribution in [0.3, 0.4) is 0 Å². The maximum atomic E-state index is 4.73. The predicted octanol–water partition coefficient (Wildman–Crippen LogP) is 3.38. The summed E-state index contributed by atoms with van der Waals surface area (Å²) in [5.41, 5.74) is 4.22. The highest BCUT2D eigenvalue weighted by Crippen LogP contribution is 2.09. The van der Waals surface area contributed by atoms with Crippen LogP contribution in [-0.4, -0.2) is 15.7 Å². The van der Waals surface area contributed by atoms with Crippen molar-refractivity contribution in [2.75, 3.05) is 0 Å². The molecular formula is C16H15N3. The number of nitrogens with zero attached hydrogens (tertiary/aromatic N) is 1. The third-order valence-electron chi connectivity index (χ3n) is 2.97. The fourth-order valence-electron chi connectivity index (χ4n) is 2.02. The number of rotatable bonds is 4. The molecule has 0 saturated heterocycles. The van der Waals surface area contributed by atoms with Gasteiger partial charge in [0.05, 0.1) is 17.9 Å². The quantitative estimate of drug-likeness (QED) is 0.666. The van der Waals surface area contributed by atoms with Crippen LogP contribution in [0, 0.1) is 0 Å². The SMILES string of the molecule is c1ccc(CN=C(c2ccc[nH]2)c2ccc[nH]2)cc1. The molecule has 2 aromatic heterocycles. The van der Waals surface area contributed by atoms with E-state index in [0.717, 1.165) is 17.1 Å². The Morgan fingerprint density at radius 2 is 1.42 bits per heavy atom. The third kappa shape index (κ3) is 2.65. The number of aromatic nitrogens is 2. The molecule has 3 heteroatoms. The average molecular weight is 249 g/mol. The van der Waals surface area contributed by atoms with Gasteiger partial charge in [-0.3, -0.25) is 4.99 Å². The summed E-state index contributed by atoms with van der Waals surface area (Å²) in [6.45, 7) is 0.675. The second-order valence-corrected chi connectivity index (χ2v) is 4.32. The summed E-state index contributed by atoms with van der Waals surface area (Å²) in [5, 5.41) is 0. The van der Waals surface area contributed by atoms with Gasteiger partial charge in [0.2, 0.25) is 0 Å². The first kappa shape index (κ1) is 11.5. The molecule has 0 unspecified atom stereocenters. The second kappa shape index (κ2) is 5.40. The van der Waals surface area contributed by atoms with Crippen LogP contribution >= 0.6 is 0 Å². The topological polar surface area (TPSA) is 43.9 Å². The summed E-state index contributed by atoms with van der Waals surface area (Å²) in [4.78, 5) is 11.2. The summed E-state index contributed by atoms with van der Waals surface area (Å²) < 4.78 is 0. The molecule has 19 heavy (non-hydrogen) atoms. The molecule has 0 bridgehead atoms. The van der Waals surface area contributed by atoms with E-state index in [1.54, 1.807) is 0 Å². The van der Waals surface area contributed by atoms with E-state index in [0.29, 0.717) is 6.54 Å². The summed E-state index contributed by atoms with van der Waals surface area (Å²) in [7, 11) is 0. The van der Waals surface area contributed by atoms with E-state index < -0.39 is 0 Å². The molecule has 0 aliphatic carbocycles. The minimum absolute atomic E-state index is 0.675. The van der Waals surface area contributed by atoms with Gasteiger partial charge < -0.3 is 9.97 Å². The molecular weight excluding hydrogens is 234 g/mol. The average Bonchev–Trinajstić information content (AvgIpc) is 3.13. The van der Waals surface area contributed by atoms with Gasteiger partial charge in [0.15, 0.2) is 0 Å². The first-order valence-electron chi connectivity index (χ1n) is 6.29. The second-order valence-electron chi connectivity index (χ2n) is 4.32. The highest BCUT2D eigenvalue weighted by Gasteiger charge is 2.07. The molecule has 0 saturated carbocycles. The normalized spacial score (nSPS) is 10.3. The van der Waals surface area contributed by atoms with Crippen LogP contribution in [0.2, 0.25) is 0 Å². The monoisotopic (exact) mass is 249 g/mol. The maximum absolute atomic E-state index is 4.73. The van der Waals surface area contributed by atoms with Crippen LogP contribution in [0.4, 0.5) is 0 Å². The van der Waals surface area contributed by atoms with Crippen LogP contribution in [0.5, 0.6) is 0 Å². The lowest BCUT2D eigenvalue weighted by Crippen LogP contribution is -2.05. The van der Waals surface area contributed by atoms with Crippen LogP contribution in [0.25, 0.3) is 0 Å². The number of hydrogen-bond acceptors (Lipinski definition) is 1. The van der Waals surface area contributed by atoms with Gasteiger partial charge >= 0.3 is 0 Å². The molecule has 1 aromatic carbocycles. The van der Waals surface area contributed by atoms with E-state index in [1.807, 2.05) is 54.9 Å². The fraction of sp³-hybridized carbons (Fsp3) is 0.0625. The van der Waals surface area contributed by atoms with Crippen molar-refractivity contribution in [3.05, 3.63) is 83.9 Å². The largest absolute Gasteiger partial charge is 0.360 e. The molecule has 3 aromatic rings. The molecule has 2 N–H and O–H groups in total. The van der Waals surface area contributed by atoms with Gasteiger partial charge in [-0.1, -0.05) is 30.3 Å². The Bertz CT molecular complexity index is 598. The van der Waals surface area contributed by atoms with Crippen molar-refractivity contribution in [3.63, 3.8) is 0 Å². The van der Waals surface area contributed by atoms with Crippen LogP contribution in [-0.2, 0) is 6.54 Å². The zero-order valence-electron chi connectivity index (χ0n) is 10.5. The van der Waals surface area contributed by atoms with Crippen LogP contribution in [0.15, 0.2) is 72.0 Å². The van der Waals surface area contributed by atoms with Crippen molar-refractivity contribution in [2.45, 2.75) is 6.54 Å². The van der Waals surface area contributed by atoms with Gasteiger partial charge in [-0.15, -0.1) is 0 Å². The molecule has 3 rings (SSSR count). The van der Waals surface area contributed by atoms with E-state index in [2.05, 4.69) is 22.1 Å². The Labute approximate surface area is 112 Å². The molecule has 0 aliphatic rings. The van der Waals surface area contributed by atoms with E-state index >= 15 is 0 Å². The van der Waals surface area contributed by atoms with E-state index in [9.17, 15) is 0 Å². The minimum Gasteiger partial charge on any atom is -0.360 e. The Morgan fingerprint density at radius 1 is 0.789 bits per heavy atom. The molecule has 0 amide bonds. The Kier molecular flexibility index (Phi) is 3.28. The van der Waals surface area contributed by atoms with Gasteiger partial charge in [-0.2, -0.15) is 0 Å². The molecule has 94 valence electrons. The summed E-state index contributed by atoms with van der Waals surface area (Å²) in [6.07, 6.45) is 3.83. The van der Waals surface area contributed by atoms with Crippen LogP contribution in [0.1, 0.15) is 17.0 Å².